The summed E-state index contributed by atoms with van der Waals surface area (Å²) >= 11 is 0. The number of benzene rings is 1. The molecule has 0 aliphatic heterocycles. The molecule has 11 heavy (non-hydrogen) atoms. The van der Waals surface area contributed by atoms with E-state index in [1.165, 1.54) is 30.4 Å². The predicted octanol–water partition coefficient (Wildman–Crippen LogP) is 2.94. The molecule has 1 unspecified atom stereocenters. The van der Waals surface area contributed by atoms with E-state index in [2.05, 4.69) is 31.2 Å². The molecule has 1 aliphatic carbocycles. The summed E-state index contributed by atoms with van der Waals surface area (Å²) in [5.74, 6) is 0.542. The molecular formula is C11H13-. The lowest BCUT2D eigenvalue weighted by molar-refractivity contribution is 0.627. The summed E-state index contributed by atoms with van der Waals surface area (Å²) in [6, 6.07) is 8.68. The number of aryl methyl sites for hydroxylation is 1. The van der Waals surface area contributed by atoms with Crippen molar-refractivity contribution < 1.29 is 0 Å². The molecule has 0 spiro atoms. The molecule has 0 heterocycles. The molecule has 1 atom stereocenters. The Labute approximate surface area is 68.3 Å². The summed E-state index contributed by atoms with van der Waals surface area (Å²) in [7, 11) is 0. The van der Waals surface area contributed by atoms with E-state index in [4.69, 9.17) is 0 Å². The van der Waals surface area contributed by atoms with Crippen molar-refractivity contribution in [3.05, 3.63) is 42.3 Å². The van der Waals surface area contributed by atoms with E-state index in [9.17, 15) is 0 Å². The normalized spacial score (nSPS) is 22.8. The van der Waals surface area contributed by atoms with Crippen molar-refractivity contribution in [3.8, 4) is 0 Å². The van der Waals surface area contributed by atoms with Crippen LogP contribution in [0.5, 0.6) is 0 Å². The first-order valence-corrected chi connectivity index (χ1v) is 4.29. The fraction of sp³-hybridized carbons (Fsp3) is 0.364. The monoisotopic (exact) mass is 145 g/mol. The van der Waals surface area contributed by atoms with Crippen LogP contribution in [0.15, 0.2) is 24.3 Å². The zero-order valence-corrected chi connectivity index (χ0v) is 6.72. The van der Waals surface area contributed by atoms with E-state index < -0.39 is 0 Å². The maximum atomic E-state index is 4.14. The van der Waals surface area contributed by atoms with Gasteiger partial charge in [0.25, 0.3) is 0 Å². The van der Waals surface area contributed by atoms with Crippen molar-refractivity contribution in [3.63, 3.8) is 0 Å². The lowest BCUT2D eigenvalue weighted by Gasteiger charge is -2.26. The minimum Gasteiger partial charge on any atom is -0.336 e. The van der Waals surface area contributed by atoms with Gasteiger partial charge in [0.15, 0.2) is 0 Å². The van der Waals surface area contributed by atoms with E-state index in [0.29, 0.717) is 5.92 Å². The third kappa shape index (κ3) is 1.18. The molecule has 0 N–H and O–H groups in total. The van der Waals surface area contributed by atoms with Crippen LogP contribution in [-0.4, -0.2) is 0 Å². The summed E-state index contributed by atoms with van der Waals surface area (Å²) in [4.78, 5) is 0. The van der Waals surface area contributed by atoms with E-state index in [-0.39, 0.29) is 0 Å². The third-order valence-corrected chi connectivity index (χ3v) is 2.49. The second-order valence-electron chi connectivity index (χ2n) is 3.29. The van der Waals surface area contributed by atoms with Gasteiger partial charge in [0.2, 0.25) is 0 Å². The standard InChI is InChI=1S/C11H13/c1-9-5-4-7-10-6-2-3-8-11(9)10/h2-3,6,8-9H,1,4-5,7H2/q-1. The Bertz CT molecular complexity index is 250. The molecule has 2 rings (SSSR count). The second-order valence-corrected chi connectivity index (χ2v) is 3.29. The molecule has 0 aromatic heterocycles. The first-order chi connectivity index (χ1) is 5.38. The fourth-order valence-electron chi connectivity index (χ4n) is 1.85. The average Bonchev–Trinajstić information content (AvgIpc) is 2.06. The predicted molar refractivity (Wildman–Crippen MR) is 47.5 cm³/mol. The molecular weight excluding hydrogens is 132 g/mol. The number of fused-ring (bicyclic) bond motifs is 1. The molecule has 1 aromatic carbocycles. The van der Waals surface area contributed by atoms with Crippen LogP contribution in [-0.2, 0) is 6.42 Å². The SMILES string of the molecule is [CH2-]C1CCCc2ccccc21. The van der Waals surface area contributed by atoms with Crippen molar-refractivity contribution in [2.45, 2.75) is 25.2 Å². The first kappa shape index (κ1) is 6.90. The van der Waals surface area contributed by atoms with Gasteiger partial charge in [-0.3, -0.25) is 0 Å². The Morgan fingerprint density at radius 2 is 2.09 bits per heavy atom. The fourth-order valence-corrected chi connectivity index (χ4v) is 1.85. The molecule has 0 heteroatoms. The van der Waals surface area contributed by atoms with Crippen molar-refractivity contribution in [1.82, 2.24) is 0 Å². The van der Waals surface area contributed by atoms with E-state index in [1.54, 1.807) is 0 Å². The quantitative estimate of drug-likeness (QED) is 0.492. The van der Waals surface area contributed by atoms with Crippen molar-refractivity contribution in [2.24, 2.45) is 0 Å². The maximum Gasteiger partial charge on any atom is -0.0278 e. The Morgan fingerprint density at radius 3 is 2.91 bits per heavy atom. The van der Waals surface area contributed by atoms with Gasteiger partial charge in [0.1, 0.15) is 0 Å². The zero-order chi connectivity index (χ0) is 7.68. The smallest absolute Gasteiger partial charge is 0.0278 e. The van der Waals surface area contributed by atoms with Crippen LogP contribution < -0.4 is 0 Å². The van der Waals surface area contributed by atoms with Crippen LogP contribution in [0.4, 0.5) is 0 Å². The van der Waals surface area contributed by atoms with Gasteiger partial charge < -0.3 is 6.92 Å². The highest BCUT2D eigenvalue weighted by Gasteiger charge is 2.09. The van der Waals surface area contributed by atoms with Crippen molar-refractivity contribution >= 4 is 0 Å². The Morgan fingerprint density at radius 1 is 1.27 bits per heavy atom. The molecule has 0 saturated carbocycles. The molecule has 0 saturated heterocycles. The number of hydrogen-bond acceptors (Lipinski definition) is 0. The third-order valence-electron chi connectivity index (χ3n) is 2.49. The summed E-state index contributed by atoms with van der Waals surface area (Å²) in [6.45, 7) is 4.14. The maximum absolute atomic E-state index is 4.14. The Kier molecular flexibility index (Phi) is 1.69. The average molecular weight is 145 g/mol. The topological polar surface area (TPSA) is 0 Å². The van der Waals surface area contributed by atoms with Crippen molar-refractivity contribution in [2.75, 3.05) is 0 Å². The van der Waals surface area contributed by atoms with Gasteiger partial charge in [-0.1, -0.05) is 42.7 Å². The van der Waals surface area contributed by atoms with Crippen LogP contribution >= 0.6 is 0 Å². The van der Waals surface area contributed by atoms with Crippen LogP contribution in [0.3, 0.4) is 0 Å². The van der Waals surface area contributed by atoms with Gasteiger partial charge in [0, 0.05) is 0 Å². The zero-order valence-electron chi connectivity index (χ0n) is 6.72. The van der Waals surface area contributed by atoms with Gasteiger partial charge in [0.05, 0.1) is 0 Å². The molecule has 0 nitrogen and oxygen atoms in total. The van der Waals surface area contributed by atoms with Crippen molar-refractivity contribution in [1.29, 1.82) is 0 Å². The number of rotatable bonds is 0. The number of hydrogen-bond donors (Lipinski definition) is 0. The highest BCUT2D eigenvalue weighted by atomic mass is 14.2. The summed E-state index contributed by atoms with van der Waals surface area (Å²) in [5, 5.41) is 0. The van der Waals surface area contributed by atoms with Gasteiger partial charge >= 0.3 is 0 Å². The van der Waals surface area contributed by atoms with E-state index >= 15 is 0 Å². The van der Waals surface area contributed by atoms with E-state index in [0.717, 1.165) is 0 Å². The summed E-state index contributed by atoms with van der Waals surface area (Å²) < 4.78 is 0. The first-order valence-electron chi connectivity index (χ1n) is 4.29. The van der Waals surface area contributed by atoms with Crippen LogP contribution in [0, 0.1) is 6.92 Å². The minimum absolute atomic E-state index is 0.542. The lowest BCUT2D eigenvalue weighted by Crippen LogP contribution is -2.06. The second kappa shape index (κ2) is 2.69. The minimum atomic E-state index is 0.542. The van der Waals surface area contributed by atoms with E-state index in [1.807, 2.05) is 0 Å². The summed E-state index contributed by atoms with van der Waals surface area (Å²) in [5.41, 5.74) is 2.98. The lowest BCUT2D eigenvalue weighted by atomic mass is 9.84. The molecule has 1 aromatic rings. The molecule has 0 fully saturated rings. The van der Waals surface area contributed by atoms with Crippen LogP contribution in [0.1, 0.15) is 29.9 Å². The molecule has 0 amide bonds. The Hall–Kier alpha value is -0.780. The van der Waals surface area contributed by atoms with Gasteiger partial charge in [-0.15, -0.1) is 5.92 Å². The van der Waals surface area contributed by atoms with Gasteiger partial charge in [-0.05, 0) is 12.0 Å². The van der Waals surface area contributed by atoms with Crippen LogP contribution in [0.25, 0.3) is 0 Å². The molecule has 0 radical (unpaired) electrons. The van der Waals surface area contributed by atoms with Crippen LogP contribution in [0.2, 0.25) is 0 Å². The highest BCUT2D eigenvalue weighted by molar-refractivity contribution is 5.32. The molecule has 1 aliphatic rings. The Balaban J connectivity index is 2.44. The van der Waals surface area contributed by atoms with Gasteiger partial charge in [-0.2, -0.15) is 0 Å². The van der Waals surface area contributed by atoms with Gasteiger partial charge in [-0.25, -0.2) is 0 Å². The summed E-state index contributed by atoms with van der Waals surface area (Å²) in [6.07, 6.45) is 3.82. The molecule has 0 bridgehead atoms. The largest absolute Gasteiger partial charge is 0.336 e. The highest BCUT2D eigenvalue weighted by Crippen LogP contribution is 2.29. The molecule has 58 valence electrons.